The van der Waals surface area contributed by atoms with E-state index in [1.54, 1.807) is 0 Å². The summed E-state index contributed by atoms with van der Waals surface area (Å²) in [4.78, 5) is 36.2. The molecule has 0 spiro atoms. The second-order valence-corrected chi connectivity index (χ2v) is 5.27. The lowest BCUT2D eigenvalue weighted by molar-refractivity contribution is -0.157. The molecule has 1 unspecified atom stereocenters. The number of rotatable bonds is 4. The molecule has 10 heteroatoms. The van der Waals surface area contributed by atoms with E-state index in [-0.39, 0.29) is 25.3 Å². The fraction of sp³-hybridized carbons (Fsp3) is 0.400. The summed E-state index contributed by atoms with van der Waals surface area (Å²) in [6.45, 7) is -0.355. The third-order valence-corrected chi connectivity index (χ3v) is 3.61. The van der Waals surface area contributed by atoms with Crippen LogP contribution >= 0.6 is 0 Å². The van der Waals surface area contributed by atoms with E-state index < -0.39 is 42.1 Å². The second kappa shape index (κ2) is 7.51. The van der Waals surface area contributed by atoms with Crippen LogP contribution in [0, 0.1) is 0 Å². The monoisotopic (exact) mass is 360 g/mol. The van der Waals surface area contributed by atoms with E-state index in [2.05, 4.69) is 5.32 Å². The standard InChI is InChI=1S/C15H15F3N2O5/c16-15(17,18)10-3-1-9(2-4-10)13(22)19-7-12(21)20-5-6-25-8-11(20)14(23)24/h1-4,11H,5-8H2,(H,19,22)(H,23,24). The van der Waals surface area contributed by atoms with Gasteiger partial charge in [0.1, 0.15) is 0 Å². The van der Waals surface area contributed by atoms with Crippen LogP contribution in [0.3, 0.4) is 0 Å². The number of morpholine rings is 1. The van der Waals surface area contributed by atoms with Crippen LogP contribution < -0.4 is 5.32 Å². The Bertz CT molecular complexity index is 660. The van der Waals surface area contributed by atoms with E-state index in [4.69, 9.17) is 9.84 Å². The SMILES string of the molecule is O=C(NCC(=O)N1CCOCC1C(=O)O)c1ccc(C(F)(F)F)cc1. The van der Waals surface area contributed by atoms with Gasteiger partial charge in [0, 0.05) is 12.1 Å². The highest BCUT2D eigenvalue weighted by Crippen LogP contribution is 2.29. The minimum atomic E-state index is -4.51. The van der Waals surface area contributed by atoms with Crippen molar-refractivity contribution in [3.63, 3.8) is 0 Å². The summed E-state index contributed by atoms with van der Waals surface area (Å²) in [5.74, 6) is -2.57. The largest absolute Gasteiger partial charge is 0.480 e. The van der Waals surface area contributed by atoms with Crippen molar-refractivity contribution in [3.05, 3.63) is 35.4 Å². The molecule has 0 aromatic heterocycles. The van der Waals surface area contributed by atoms with Gasteiger partial charge in [-0.1, -0.05) is 0 Å². The highest BCUT2D eigenvalue weighted by atomic mass is 19.4. The number of benzene rings is 1. The predicted molar refractivity (Wildman–Crippen MR) is 77.7 cm³/mol. The molecule has 0 bridgehead atoms. The zero-order valence-corrected chi connectivity index (χ0v) is 12.9. The van der Waals surface area contributed by atoms with Crippen LogP contribution in [0.1, 0.15) is 15.9 Å². The summed E-state index contributed by atoms with van der Waals surface area (Å²) in [5, 5.41) is 11.3. The number of amides is 2. The number of carbonyl (C=O) groups is 3. The lowest BCUT2D eigenvalue weighted by atomic mass is 10.1. The van der Waals surface area contributed by atoms with Crippen LogP contribution in [0.5, 0.6) is 0 Å². The van der Waals surface area contributed by atoms with Crippen molar-refractivity contribution >= 4 is 17.8 Å². The molecule has 1 fully saturated rings. The number of nitrogens with one attached hydrogen (secondary N) is 1. The molecule has 2 N–H and O–H groups in total. The molecule has 2 amide bonds. The van der Waals surface area contributed by atoms with Gasteiger partial charge in [-0.2, -0.15) is 13.2 Å². The highest BCUT2D eigenvalue weighted by Gasteiger charge is 2.33. The lowest BCUT2D eigenvalue weighted by Gasteiger charge is -2.32. The molecule has 1 heterocycles. The summed E-state index contributed by atoms with van der Waals surface area (Å²) >= 11 is 0. The van der Waals surface area contributed by atoms with Crippen molar-refractivity contribution in [1.29, 1.82) is 0 Å². The van der Waals surface area contributed by atoms with Gasteiger partial charge in [-0.3, -0.25) is 9.59 Å². The molecule has 0 radical (unpaired) electrons. The Kier molecular flexibility index (Phi) is 5.62. The number of carbonyl (C=O) groups excluding carboxylic acids is 2. The molecule has 0 aliphatic carbocycles. The molecule has 1 aliphatic rings. The van der Waals surface area contributed by atoms with Crippen LogP contribution in [0.4, 0.5) is 13.2 Å². The molecule has 1 saturated heterocycles. The maximum atomic E-state index is 12.5. The number of hydrogen-bond donors (Lipinski definition) is 2. The molecule has 1 atom stereocenters. The van der Waals surface area contributed by atoms with Crippen molar-refractivity contribution < 1.29 is 37.4 Å². The van der Waals surface area contributed by atoms with Crippen molar-refractivity contribution in [2.75, 3.05) is 26.3 Å². The van der Waals surface area contributed by atoms with E-state index in [0.717, 1.165) is 29.2 Å². The first kappa shape index (κ1) is 18.7. The Morgan fingerprint density at radius 1 is 1.24 bits per heavy atom. The smallest absolute Gasteiger partial charge is 0.416 e. The van der Waals surface area contributed by atoms with Gasteiger partial charge in [-0.25, -0.2) is 4.79 Å². The number of carboxylic acid groups (broad SMARTS) is 1. The van der Waals surface area contributed by atoms with Crippen molar-refractivity contribution in [2.45, 2.75) is 12.2 Å². The van der Waals surface area contributed by atoms with Crippen molar-refractivity contribution in [2.24, 2.45) is 0 Å². The number of halogens is 3. The maximum absolute atomic E-state index is 12.5. The van der Waals surface area contributed by atoms with Gasteiger partial charge in [0.2, 0.25) is 5.91 Å². The van der Waals surface area contributed by atoms with Gasteiger partial charge in [-0.15, -0.1) is 0 Å². The number of alkyl halides is 3. The van der Waals surface area contributed by atoms with Gasteiger partial charge >= 0.3 is 12.1 Å². The molecule has 136 valence electrons. The molecule has 0 saturated carbocycles. The number of aliphatic carboxylic acids is 1. The number of carboxylic acids is 1. The first-order valence-corrected chi connectivity index (χ1v) is 7.25. The molecule has 1 aliphatic heterocycles. The van der Waals surface area contributed by atoms with Crippen LogP contribution in [0.2, 0.25) is 0 Å². The second-order valence-electron chi connectivity index (χ2n) is 5.27. The summed E-state index contributed by atoms with van der Waals surface area (Å²) in [5.41, 5.74) is -0.935. The topological polar surface area (TPSA) is 95.9 Å². The quantitative estimate of drug-likeness (QED) is 0.826. The summed E-state index contributed by atoms with van der Waals surface area (Å²) in [6.07, 6.45) is -4.51. The van der Waals surface area contributed by atoms with E-state index >= 15 is 0 Å². The van der Waals surface area contributed by atoms with Gasteiger partial charge in [0.25, 0.3) is 5.91 Å². The van der Waals surface area contributed by atoms with Crippen molar-refractivity contribution in [1.82, 2.24) is 10.2 Å². The van der Waals surface area contributed by atoms with Crippen LogP contribution in [0.15, 0.2) is 24.3 Å². The first-order valence-electron chi connectivity index (χ1n) is 7.25. The molecular weight excluding hydrogens is 345 g/mol. The van der Waals surface area contributed by atoms with Crippen molar-refractivity contribution in [3.8, 4) is 0 Å². The van der Waals surface area contributed by atoms with Crippen LogP contribution in [-0.2, 0) is 20.5 Å². The number of hydrogen-bond acceptors (Lipinski definition) is 4. The average molecular weight is 360 g/mol. The zero-order chi connectivity index (χ0) is 18.6. The van der Waals surface area contributed by atoms with Gasteiger partial charge in [-0.05, 0) is 24.3 Å². The first-order chi connectivity index (χ1) is 11.7. The van der Waals surface area contributed by atoms with E-state index in [1.165, 1.54) is 0 Å². The lowest BCUT2D eigenvalue weighted by Crippen LogP contribution is -2.54. The molecule has 7 nitrogen and oxygen atoms in total. The van der Waals surface area contributed by atoms with E-state index in [9.17, 15) is 27.6 Å². The molecule has 1 aromatic carbocycles. The fourth-order valence-electron chi connectivity index (χ4n) is 2.28. The summed E-state index contributed by atoms with van der Waals surface area (Å²) in [7, 11) is 0. The van der Waals surface area contributed by atoms with Gasteiger partial charge in [0.05, 0.1) is 25.3 Å². The minimum absolute atomic E-state index is 0.0439. The predicted octanol–water partition coefficient (Wildman–Crippen LogP) is 0.747. The molecule has 25 heavy (non-hydrogen) atoms. The minimum Gasteiger partial charge on any atom is -0.480 e. The Morgan fingerprint density at radius 3 is 2.44 bits per heavy atom. The Balaban J connectivity index is 1.94. The molecular formula is C15H15F3N2O5. The Hall–Kier alpha value is -2.62. The highest BCUT2D eigenvalue weighted by molar-refractivity contribution is 5.97. The number of nitrogens with zero attached hydrogens (tertiary/aromatic N) is 1. The van der Waals surface area contributed by atoms with Crippen LogP contribution in [-0.4, -0.2) is 60.1 Å². The number of ether oxygens (including phenoxy) is 1. The fourth-order valence-corrected chi connectivity index (χ4v) is 2.28. The Labute approximate surface area is 140 Å². The average Bonchev–Trinajstić information content (AvgIpc) is 2.58. The molecule has 1 aromatic rings. The van der Waals surface area contributed by atoms with Crippen LogP contribution in [0.25, 0.3) is 0 Å². The third kappa shape index (κ3) is 4.69. The zero-order valence-electron chi connectivity index (χ0n) is 12.9. The summed E-state index contributed by atoms with van der Waals surface area (Å²) in [6, 6.07) is 2.39. The van der Waals surface area contributed by atoms with E-state index in [0.29, 0.717) is 0 Å². The Morgan fingerprint density at radius 2 is 1.88 bits per heavy atom. The summed E-state index contributed by atoms with van der Waals surface area (Å²) < 4.78 is 42.4. The molecule has 2 rings (SSSR count). The normalized spacial score (nSPS) is 17.9. The maximum Gasteiger partial charge on any atom is 0.416 e. The van der Waals surface area contributed by atoms with Gasteiger partial charge in [0.15, 0.2) is 6.04 Å². The third-order valence-electron chi connectivity index (χ3n) is 3.61. The van der Waals surface area contributed by atoms with Gasteiger partial charge < -0.3 is 20.1 Å². The van der Waals surface area contributed by atoms with E-state index in [1.807, 2.05) is 0 Å².